The van der Waals surface area contributed by atoms with E-state index in [1.165, 1.54) is 8.92 Å². The van der Waals surface area contributed by atoms with Crippen molar-refractivity contribution in [1.82, 2.24) is 0 Å². The molecule has 2 aromatic carbocycles. The molecule has 4 nitrogen and oxygen atoms in total. The number of ether oxygens (including phenoxy) is 4. The second kappa shape index (κ2) is 6.57. The van der Waals surface area contributed by atoms with Crippen LogP contribution in [0.4, 0.5) is 0 Å². The SMILES string of the molecule is COc1cc2c(cc1OC)[Se]c1cc(OC)c(OC)cc1C=C2. The van der Waals surface area contributed by atoms with Crippen molar-refractivity contribution in [1.29, 1.82) is 0 Å². The van der Waals surface area contributed by atoms with E-state index in [1.807, 2.05) is 12.1 Å². The van der Waals surface area contributed by atoms with Crippen LogP contribution >= 0.6 is 0 Å². The molecule has 0 N–H and O–H groups in total. The molecule has 0 spiro atoms. The summed E-state index contributed by atoms with van der Waals surface area (Å²) in [6.07, 6.45) is 4.22. The summed E-state index contributed by atoms with van der Waals surface area (Å²) < 4.78 is 24.2. The first-order valence-electron chi connectivity index (χ1n) is 7.08. The predicted octanol–water partition coefficient (Wildman–Crippen LogP) is 1.86. The van der Waals surface area contributed by atoms with Crippen molar-refractivity contribution in [2.24, 2.45) is 0 Å². The van der Waals surface area contributed by atoms with Gasteiger partial charge in [0.25, 0.3) is 0 Å². The Morgan fingerprint density at radius 3 is 1.26 bits per heavy atom. The second-order valence-electron chi connectivity index (χ2n) is 4.93. The summed E-state index contributed by atoms with van der Waals surface area (Å²) in [5.74, 6) is 3.00. The van der Waals surface area contributed by atoms with Gasteiger partial charge in [0.05, 0.1) is 0 Å². The van der Waals surface area contributed by atoms with Crippen molar-refractivity contribution in [2.45, 2.75) is 0 Å². The maximum atomic E-state index is 5.43. The van der Waals surface area contributed by atoms with Crippen LogP contribution in [0.15, 0.2) is 24.3 Å². The molecule has 0 atom stereocenters. The molecule has 0 bridgehead atoms. The third kappa shape index (κ3) is 2.90. The van der Waals surface area contributed by atoms with Crippen molar-refractivity contribution < 1.29 is 18.9 Å². The van der Waals surface area contributed by atoms with Gasteiger partial charge in [-0.15, -0.1) is 0 Å². The van der Waals surface area contributed by atoms with Gasteiger partial charge in [-0.2, -0.15) is 0 Å². The summed E-state index contributed by atoms with van der Waals surface area (Å²) in [4.78, 5) is 0. The van der Waals surface area contributed by atoms with Crippen molar-refractivity contribution in [3.8, 4) is 23.0 Å². The Morgan fingerprint density at radius 1 is 0.565 bits per heavy atom. The van der Waals surface area contributed by atoms with Gasteiger partial charge in [-0.1, -0.05) is 0 Å². The van der Waals surface area contributed by atoms with E-state index < -0.39 is 0 Å². The van der Waals surface area contributed by atoms with Crippen molar-refractivity contribution in [3.05, 3.63) is 35.4 Å². The van der Waals surface area contributed by atoms with Crippen molar-refractivity contribution >= 4 is 36.0 Å². The van der Waals surface area contributed by atoms with Gasteiger partial charge in [-0.25, -0.2) is 0 Å². The molecule has 0 radical (unpaired) electrons. The summed E-state index contributed by atoms with van der Waals surface area (Å²) in [6, 6.07) is 8.16. The summed E-state index contributed by atoms with van der Waals surface area (Å²) >= 11 is 0.132. The first-order chi connectivity index (χ1) is 11.2. The predicted molar refractivity (Wildman–Crippen MR) is 93.0 cm³/mol. The van der Waals surface area contributed by atoms with Crippen LogP contribution in [-0.4, -0.2) is 43.4 Å². The molecule has 1 aliphatic heterocycles. The molecule has 0 aromatic heterocycles. The Morgan fingerprint density at radius 2 is 0.913 bits per heavy atom. The average Bonchev–Trinajstić information content (AvgIpc) is 2.77. The van der Waals surface area contributed by atoms with E-state index in [0.29, 0.717) is 0 Å². The van der Waals surface area contributed by atoms with E-state index in [4.69, 9.17) is 18.9 Å². The summed E-state index contributed by atoms with van der Waals surface area (Å²) in [7, 11) is 6.62. The minimum atomic E-state index is 0.132. The molecular weight excluding hydrogens is 359 g/mol. The standard InChI is InChI=1S/C18H18O4Se/c1-19-13-7-11-5-6-12-8-14(20-2)16(22-4)10-18(12)23-17(11)9-15(13)21-3/h5-10H,1-4H3. The molecule has 1 heterocycles. The zero-order valence-corrected chi connectivity index (χ0v) is 15.2. The maximum absolute atomic E-state index is 5.43. The van der Waals surface area contributed by atoms with Gasteiger partial charge >= 0.3 is 142 Å². The Bertz CT molecular complexity index is 705. The molecule has 23 heavy (non-hydrogen) atoms. The Hall–Kier alpha value is -2.10. The monoisotopic (exact) mass is 378 g/mol. The normalized spacial score (nSPS) is 12.0. The third-order valence-corrected chi connectivity index (χ3v) is 6.10. The van der Waals surface area contributed by atoms with Crippen molar-refractivity contribution in [3.63, 3.8) is 0 Å². The van der Waals surface area contributed by atoms with Crippen molar-refractivity contribution in [2.75, 3.05) is 28.4 Å². The first-order valence-corrected chi connectivity index (χ1v) is 8.79. The Balaban J connectivity index is 2.12. The molecule has 0 fully saturated rings. The summed E-state index contributed by atoms with van der Waals surface area (Å²) in [5.41, 5.74) is 2.30. The fourth-order valence-corrected chi connectivity index (χ4v) is 4.71. The van der Waals surface area contributed by atoms with Gasteiger partial charge in [0, 0.05) is 0 Å². The van der Waals surface area contributed by atoms with Gasteiger partial charge in [0.1, 0.15) is 0 Å². The number of rotatable bonds is 4. The number of methoxy groups -OCH3 is 4. The van der Waals surface area contributed by atoms with Gasteiger partial charge in [-0.05, 0) is 0 Å². The van der Waals surface area contributed by atoms with E-state index >= 15 is 0 Å². The zero-order chi connectivity index (χ0) is 16.4. The van der Waals surface area contributed by atoms with E-state index in [9.17, 15) is 0 Å². The molecule has 0 saturated heterocycles. The van der Waals surface area contributed by atoms with E-state index in [2.05, 4.69) is 24.3 Å². The van der Waals surface area contributed by atoms with Crippen LogP contribution in [0.5, 0.6) is 23.0 Å². The van der Waals surface area contributed by atoms with Crippen LogP contribution in [0.1, 0.15) is 11.1 Å². The number of hydrogen-bond donors (Lipinski definition) is 0. The molecule has 2 aromatic rings. The van der Waals surface area contributed by atoms with Crippen LogP contribution in [0, 0.1) is 0 Å². The van der Waals surface area contributed by atoms with E-state index in [0.717, 1.165) is 34.1 Å². The molecule has 0 saturated carbocycles. The molecule has 5 heteroatoms. The van der Waals surface area contributed by atoms with Crippen LogP contribution in [0.3, 0.4) is 0 Å². The zero-order valence-electron chi connectivity index (χ0n) is 13.5. The van der Waals surface area contributed by atoms with Gasteiger partial charge in [0.15, 0.2) is 0 Å². The van der Waals surface area contributed by atoms with E-state index in [-0.39, 0.29) is 15.0 Å². The number of hydrogen-bond acceptors (Lipinski definition) is 4. The summed E-state index contributed by atoms with van der Waals surface area (Å²) in [5, 5.41) is 0. The van der Waals surface area contributed by atoms with Gasteiger partial charge in [-0.3, -0.25) is 0 Å². The Kier molecular flexibility index (Phi) is 4.51. The second-order valence-corrected chi connectivity index (χ2v) is 7.20. The molecular formula is C18H18O4Se. The average molecular weight is 377 g/mol. The van der Waals surface area contributed by atoms with Crippen LogP contribution < -0.4 is 27.9 Å². The number of benzene rings is 2. The fourth-order valence-electron chi connectivity index (χ4n) is 2.49. The van der Waals surface area contributed by atoms with Gasteiger partial charge < -0.3 is 0 Å². The molecule has 0 amide bonds. The first kappa shape index (κ1) is 15.8. The molecule has 0 aliphatic carbocycles. The molecule has 0 unspecified atom stereocenters. The van der Waals surface area contributed by atoms with Crippen LogP contribution in [-0.2, 0) is 0 Å². The Labute approximate surface area is 142 Å². The van der Waals surface area contributed by atoms with Crippen LogP contribution in [0.2, 0.25) is 0 Å². The minimum absolute atomic E-state index is 0.132. The quantitative estimate of drug-likeness (QED) is 0.651. The third-order valence-electron chi connectivity index (χ3n) is 3.69. The molecule has 3 rings (SSSR count). The fraction of sp³-hybridized carbons (Fsp3) is 0.222. The van der Waals surface area contributed by atoms with E-state index in [1.54, 1.807) is 28.4 Å². The van der Waals surface area contributed by atoms with Crippen LogP contribution in [0.25, 0.3) is 12.2 Å². The molecule has 120 valence electrons. The van der Waals surface area contributed by atoms with Gasteiger partial charge in [0.2, 0.25) is 0 Å². The topological polar surface area (TPSA) is 36.9 Å². The summed E-state index contributed by atoms with van der Waals surface area (Å²) in [6.45, 7) is 0. The molecule has 1 aliphatic rings. The number of fused-ring (bicyclic) bond motifs is 2.